The molecule has 0 bridgehead atoms. The highest BCUT2D eigenvalue weighted by Crippen LogP contribution is 2.30. The molecule has 0 radical (unpaired) electrons. The van der Waals surface area contributed by atoms with E-state index in [0.717, 1.165) is 29.1 Å². The minimum Gasteiger partial charge on any atom is -0.497 e. The summed E-state index contributed by atoms with van der Waals surface area (Å²) in [5.74, 6) is 0.818. The van der Waals surface area contributed by atoms with Crippen molar-refractivity contribution in [1.29, 1.82) is 0 Å². The van der Waals surface area contributed by atoms with Crippen LogP contribution in [0, 0.1) is 6.92 Å². The second-order valence-electron chi connectivity index (χ2n) is 6.20. The molecule has 3 aromatic rings. The predicted octanol–water partition coefficient (Wildman–Crippen LogP) is 5.46. The van der Waals surface area contributed by atoms with Crippen molar-refractivity contribution in [2.45, 2.75) is 19.8 Å². The first-order valence-electron chi connectivity index (χ1n) is 8.66. The molecule has 2 amide bonds. The molecule has 146 valence electrons. The first kappa shape index (κ1) is 20.0. The summed E-state index contributed by atoms with van der Waals surface area (Å²) < 4.78 is 5.17. The van der Waals surface area contributed by atoms with Crippen LogP contribution in [-0.2, 0) is 12.8 Å². The second-order valence-corrected chi connectivity index (χ2v) is 6.98. The summed E-state index contributed by atoms with van der Waals surface area (Å²) >= 11 is 12.1. The van der Waals surface area contributed by atoms with Crippen LogP contribution in [0.25, 0.3) is 0 Å². The van der Waals surface area contributed by atoms with E-state index in [4.69, 9.17) is 27.9 Å². The molecule has 28 heavy (non-hydrogen) atoms. The van der Waals surface area contributed by atoms with E-state index in [9.17, 15) is 4.79 Å². The van der Waals surface area contributed by atoms with Gasteiger partial charge in [0.25, 0.3) is 0 Å². The molecule has 0 saturated heterocycles. The molecule has 1 heterocycles. The van der Waals surface area contributed by atoms with Crippen molar-refractivity contribution in [3.05, 3.63) is 69.5 Å². The van der Waals surface area contributed by atoms with Crippen molar-refractivity contribution in [2.24, 2.45) is 0 Å². The van der Waals surface area contributed by atoms with Gasteiger partial charge in [-0.05, 0) is 49.6 Å². The van der Waals surface area contributed by atoms with Crippen LogP contribution < -0.4 is 15.4 Å². The number of ether oxygens (including phenoxy) is 1. The molecule has 0 fully saturated rings. The van der Waals surface area contributed by atoms with Crippen LogP contribution in [0.1, 0.15) is 17.0 Å². The normalized spacial score (nSPS) is 10.6. The maximum Gasteiger partial charge on any atom is 0.323 e. The van der Waals surface area contributed by atoms with Crippen LogP contribution in [0.5, 0.6) is 5.75 Å². The lowest BCUT2D eigenvalue weighted by Gasteiger charge is -2.11. The Bertz CT molecular complexity index is 971. The van der Waals surface area contributed by atoms with Crippen molar-refractivity contribution in [3.8, 4) is 5.75 Å². The number of aryl methyl sites for hydroxylation is 3. The first-order chi connectivity index (χ1) is 13.5. The minimum atomic E-state index is -0.417. The Labute approximate surface area is 173 Å². The molecule has 0 spiro atoms. The summed E-state index contributed by atoms with van der Waals surface area (Å²) in [6, 6.07) is 12.5. The van der Waals surface area contributed by atoms with Gasteiger partial charge in [0.05, 0.1) is 39.9 Å². The highest BCUT2D eigenvalue weighted by atomic mass is 35.5. The van der Waals surface area contributed by atoms with Gasteiger partial charge in [0.1, 0.15) is 5.75 Å². The highest BCUT2D eigenvalue weighted by molar-refractivity contribution is 6.44. The van der Waals surface area contributed by atoms with Gasteiger partial charge in [-0.3, -0.25) is 5.10 Å². The molecule has 8 heteroatoms. The third kappa shape index (κ3) is 4.77. The maximum absolute atomic E-state index is 12.4. The number of rotatable bonds is 6. The van der Waals surface area contributed by atoms with Gasteiger partial charge < -0.3 is 15.4 Å². The second kappa shape index (κ2) is 8.99. The lowest BCUT2D eigenvalue weighted by molar-refractivity contribution is 0.262. The van der Waals surface area contributed by atoms with Crippen molar-refractivity contribution in [3.63, 3.8) is 0 Å². The van der Waals surface area contributed by atoms with E-state index in [1.165, 1.54) is 0 Å². The number of aromatic amines is 1. The molecular formula is C20H20Cl2N4O2. The fourth-order valence-corrected chi connectivity index (χ4v) is 3.10. The van der Waals surface area contributed by atoms with Gasteiger partial charge in [0.15, 0.2) is 0 Å². The van der Waals surface area contributed by atoms with Gasteiger partial charge in [0.2, 0.25) is 0 Å². The van der Waals surface area contributed by atoms with Crippen LogP contribution in [-0.4, -0.2) is 23.3 Å². The molecule has 1 aromatic heterocycles. The van der Waals surface area contributed by atoms with E-state index in [0.29, 0.717) is 27.8 Å². The number of carbonyl (C=O) groups excluding carboxylic acids is 1. The fraction of sp³-hybridized carbons (Fsp3) is 0.200. The molecule has 0 atom stereocenters. The smallest absolute Gasteiger partial charge is 0.323 e. The van der Waals surface area contributed by atoms with Crippen LogP contribution in [0.2, 0.25) is 10.0 Å². The van der Waals surface area contributed by atoms with Crippen molar-refractivity contribution in [1.82, 2.24) is 10.2 Å². The zero-order valence-corrected chi connectivity index (χ0v) is 17.0. The Kier molecular flexibility index (Phi) is 6.44. The number of methoxy groups -OCH3 is 1. The number of aromatic nitrogens is 2. The standard InChI is InChI=1S/C20H20Cl2N4O2/c1-12-19(24-20(27)23-16-5-3-4-15(21)18(16)22)17(26-25-12)11-8-13-6-9-14(28-2)10-7-13/h3-7,9-10H,8,11H2,1-2H3,(H,25,26)(H2,23,24,27). The van der Waals surface area contributed by atoms with Crippen molar-refractivity contribution >= 4 is 40.6 Å². The van der Waals surface area contributed by atoms with Crippen molar-refractivity contribution in [2.75, 3.05) is 17.7 Å². The van der Waals surface area contributed by atoms with E-state index in [-0.39, 0.29) is 0 Å². The summed E-state index contributed by atoms with van der Waals surface area (Å²) in [6.45, 7) is 1.85. The Morgan fingerprint density at radius 1 is 1.11 bits per heavy atom. The van der Waals surface area contributed by atoms with E-state index >= 15 is 0 Å². The quantitative estimate of drug-likeness (QED) is 0.496. The average molecular weight is 419 g/mol. The number of halogens is 2. The Hall–Kier alpha value is -2.70. The number of amides is 2. The molecule has 0 aliphatic carbocycles. The summed E-state index contributed by atoms with van der Waals surface area (Å²) in [5.41, 5.74) is 3.80. The molecule has 3 N–H and O–H groups in total. The van der Waals surface area contributed by atoms with E-state index in [2.05, 4.69) is 20.8 Å². The van der Waals surface area contributed by atoms with E-state index in [1.807, 2.05) is 31.2 Å². The van der Waals surface area contributed by atoms with E-state index < -0.39 is 6.03 Å². The van der Waals surface area contributed by atoms with Crippen molar-refractivity contribution < 1.29 is 9.53 Å². The zero-order valence-electron chi connectivity index (χ0n) is 15.5. The number of carbonyl (C=O) groups is 1. The number of anilines is 2. The van der Waals surface area contributed by atoms with Gasteiger partial charge in [-0.1, -0.05) is 41.4 Å². The van der Waals surface area contributed by atoms with Gasteiger partial charge in [-0.25, -0.2) is 4.79 Å². The monoisotopic (exact) mass is 418 g/mol. The summed E-state index contributed by atoms with van der Waals surface area (Å²) in [5, 5.41) is 13.5. The number of hydrogen-bond acceptors (Lipinski definition) is 3. The third-order valence-corrected chi connectivity index (χ3v) is 5.09. The molecule has 6 nitrogen and oxygen atoms in total. The fourth-order valence-electron chi connectivity index (χ4n) is 2.75. The zero-order chi connectivity index (χ0) is 20.1. The lowest BCUT2D eigenvalue weighted by Crippen LogP contribution is -2.20. The van der Waals surface area contributed by atoms with Gasteiger partial charge >= 0.3 is 6.03 Å². The predicted molar refractivity (Wildman–Crippen MR) is 113 cm³/mol. The molecule has 0 saturated carbocycles. The SMILES string of the molecule is COc1ccc(CCc2n[nH]c(C)c2NC(=O)Nc2cccc(Cl)c2Cl)cc1. The number of nitrogens with zero attached hydrogens (tertiary/aromatic N) is 1. The van der Waals surface area contributed by atoms with Gasteiger partial charge in [0, 0.05) is 0 Å². The van der Waals surface area contributed by atoms with Crippen LogP contribution in [0.4, 0.5) is 16.2 Å². The first-order valence-corrected chi connectivity index (χ1v) is 9.42. The topological polar surface area (TPSA) is 79.0 Å². The number of hydrogen-bond donors (Lipinski definition) is 3. The number of H-pyrrole nitrogens is 1. The van der Waals surface area contributed by atoms with Gasteiger partial charge in [-0.15, -0.1) is 0 Å². The number of urea groups is 1. The van der Waals surface area contributed by atoms with Crippen LogP contribution in [0.3, 0.4) is 0 Å². The average Bonchev–Trinajstić information content (AvgIpc) is 3.04. The molecule has 0 aliphatic rings. The Balaban J connectivity index is 1.66. The lowest BCUT2D eigenvalue weighted by atomic mass is 10.1. The van der Waals surface area contributed by atoms with Gasteiger partial charge in [-0.2, -0.15) is 5.10 Å². The van der Waals surface area contributed by atoms with E-state index in [1.54, 1.807) is 25.3 Å². The molecule has 0 unspecified atom stereocenters. The molecule has 0 aliphatic heterocycles. The van der Waals surface area contributed by atoms with Crippen LogP contribution in [0.15, 0.2) is 42.5 Å². The summed E-state index contributed by atoms with van der Waals surface area (Å²) in [4.78, 5) is 12.4. The summed E-state index contributed by atoms with van der Waals surface area (Å²) in [6.07, 6.45) is 1.45. The minimum absolute atomic E-state index is 0.294. The number of nitrogens with one attached hydrogen (secondary N) is 3. The molecule has 2 aromatic carbocycles. The largest absolute Gasteiger partial charge is 0.497 e. The maximum atomic E-state index is 12.4. The molecular weight excluding hydrogens is 399 g/mol. The Morgan fingerprint density at radius 3 is 2.57 bits per heavy atom. The summed E-state index contributed by atoms with van der Waals surface area (Å²) in [7, 11) is 1.64. The highest BCUT2D eigenvalue weighted by Gasteiger charge is 2.15. The third-order valence-electron chi connectivity index (χ3n) is 4.27. The Morgan fingerprint density at radius 2 is 1.86 bits per heavy atom. The van der Waals surface area contributed by atoms with Crippen LogP contribution >= 0.6 is 23.2 Å². The molecule has 3 rings (SSSR count). The number of benzene rings is 2.